The van der Waals surface area contributed by atoms with Crippen molar-refractivity contribution in [3.05, 3.63) is 0 Å². The molecule has 2 amide bonds. The minimum atomic E-state index is -0.984. The third-order valence-electron chi connectivity index (χ3n) is 2.81. The number of rotatable bonds is 4. The summed E-state index contributed by atoms with van der Waals surface area (Å²) in [5, 5.41) is 11.4. The molecule has 0 aromatic heterocycles. The molecule has 0 aromatic carbocycles. The monoisotopic (exact) mass is 214 g/mol. The van der Waals surface area contributed by atoms with E-state index in [2.05, 4.69) is 19.2 Å². The van der Waals surface area contributed by atoms with E-state index in [1.54, 1.807) is 6.92 Å². The minimum absolute atomic E-state index is 0.165. The third-order valence-corrected chi connectivity index (χ3v) is 2.81. The van der Waals surface area contributed by atoms with Gasteiger partial charge in [0.2, 0.25) is 0 Å². The van der Waals surface area contributed by atoms with Gasteiger partial charge in [0, 0.05) is 12.6 Å². The molecule has 1 unspecified atom stereocenters. The van der Waals surface area contributed by atoms with Gasteiger partial charge in [-0.1, -0.05) is 13.8 Å². The molecule has 5 heteroatoms. The SMILES string of the molecule is CCN(CC(=O)O)C(=O)NC1CC1(C)C. The predicted octanol–water partition coefficient (Wildman–Crippen LogP) is 0.901. The molecule has 1 fully saturated rings. The van der Waals surface area contributed by atoms with E-state index in [0.29, 0.717) is 6.54 Å². The fourth-order valence-corrected chi connectivity index (χ4v) is 1.44. The van der Waals surface area contributed by atoms with Gasteiger partial charge in [0.25, 0.3) is 0 Å². The van der Waals surface area contributed by atoms with E-state index in [1.807, 2.05) is 0 Å². The van der Waals surface area contributed by atoms with E-state index in [4.69, 9.17) is 5.11 Å². The molecule has 0 radical (unpaired) electrons. The van der Waals surface area contributed by atoms with Gasteiger partial charge in [-0.15, -0.1) is 0 Å². The highest BCUT2D eigenvalue weighted by Gasteiger charge is 2.47. The zero-order valence-electron chi connectivity index (χ0n) is 9.41. The van der Waals surface area contributed by atoms with Crippen LogP contribution in [0.15, 0.2) is 0 Å². The Balaban J connectivity index is 2.41. The first kappa shape index (κ1) is 11.8. The molecular formula is C10H18N2O3. The van der Waals surface area contributed by atoms with Crippen LogP contribution in [-0.4, -0.2) is 41.1 Å². The second kappa shape index (κ2) is 4.08. The quantitative estimate of drug-likeness (QED) is 0.730. The fraction of sp³-hybridized carbons (Fsp3) is 0.800. The standard InChI is InChI=1S/C10H18N2O3/c1-4-12(6-8(13)14)9(15)11-7-5-10(7,2)3/h7H,4-6H2,1-3H3,(H,11,15)(H,13,14). The normalized spacial score (nSPS) is 21.9. The summed E-state index contributed by atoms with van der Waals surface area (Å²) in [6, 6.07) is -0.0941. The van der Waals surface area contributed by atoms with Crippen LogP contribution in [0.1, 0.15) is 27.2 Å². The van der Waals surface area contributed by atoms with Crippen molar-refractivity contribution in [3.8, 4) is 0 Å². The van der Waals surface area contributed by atoms with Crippen molar-refractivity contribution in [1.82, 2.24) is 10.2 Å². The maximum absolute atomic E-state index is 11.6. The van der Waals surface area contributed by atoms with Crippen molar-refractivity contribution >= 4 is 12.0 Å². The first-order chi connectivity index (χ1) is 6.86. The van der Waals surface area contributed by atoms with Gasteiger partial charge in [-0.3, -0.25) is 4.79 Å². The number of carbonyl (C=O) groups excluding carboxylic acids is 1. The second-order valence-electron chi connectivity index (χ2n) is 4.60. The number of nitrogens with zero attached hydrogens (tertiary/aromatic N) is 1. The van der Waals surface area contributed by atoms with Crippen LogP contribution < -0.4 is 5.32 Å². The Kier molecular flexibility index (Phi) is 3.21. The highest BCUT2D eigenvalue weighted by molar-refractivity contribution is 5.80. The number of hydrogen-bond donors (Lipinski definition) is 2. The molecule has 86 valence electrons. The number of urea groups is 1. The summed E-state index contributed by atoms with van der Waals surface area (Å²) in [6.45, 7) is 6.08. The summed E-state index contributed by atoms with van der Waals surface area (Å²) in [6.07, 6.45) is 0.962. The molecule has 2 N–H and O–H groups in total. The molecule has 1 saturated carbocycles. The van der Waals surface area contributed by atoms with E-state index in [9.17, 15) is 9.59 Å². The van der Waals surface area contributed by atoms with Crippen LogP contribution in [0, 0.1) is 5.41 Å². The highest BCUT2D eigenvalue weighted by atomic mass is 16.4. The molecule has 1 atom stereocenters. The van der Waals surface area contributed by atoms with Gasteiger partial charge >= 0.3 is 12.0 Å². The lowest BCUT2D eigenvalue weighted by Crippen LogP contribution is -2.44. The van der Waals surface area contributed by atoms with Crippen LogP contribution in [-0.2, 0) is 4.79 Å². The van der Waals surface area contributed by atoms with Crippen molar-refractivity contribution in [1.29, 1.82) is 0 Å². The van der Waals surface area contributed by atoms with Crippen LogP contribution in [0.2, 0.25) is 0 Å². The van der Waals surface area contributed by atoms with Crippen LogP contribution in [0.5, 0.6) is 0 Å². The van der Waals surface area contributed by atoms with Gasteiger partial charge in [0.1, 0.15) is 6.54 Å². The molecule has 15 heavy (non-hydrogen) atoms. The van der Waals surface area contributed by atoms with E-state index >= 15 is 0 Å². The number of hydrogen-bond acceptors (Lipinski definition) is 2. The predicted molar refractivity (Wildman–Crippen MR) is 55.6 cm³/mol. The zero-order valence-corrected chi connectivity index (χ0v) is 9.41. The Labute approximate surface area is 89.4 Å². The topological polar surface area (TPSA) is 69.6 Å². The maximum Gasteiger partial charge on any atom is 0.323 e. The number of likely N-dealkylation sites (N-methyl/N-ethyl adjacent to an activating group) is 1. The summed E-state index contributed by atoms with van der Waals surface area (Å²) in [5.41, 5.74) is 0.165. The lowest BCUT2D eigenvalue weighted by atomic mass is 10.2. The first-order valence-corrected chi connectivity index (χ1v) is 5.14. The Bertz CT molecular complexity index is 276. The average Bonchev–Trinajstić information content (AvgIpc) is 2.69. The molecule has 1 rings (SSSR count). The minimum Gasteiger partial charge on any atom is -0.480 e. The molecule has 1 aliphatic carbocycles. The maximum atomic E-state index is 11.6. The number of aliphatic carboxylic acids is 1. The molecule has 0 saturated heterocycles. The summed E-state index contributed by atoms with van der Waals surface area (Å²) in [5.74, 6) is -0.984. The van der Waals surface area contributed by atoms with Crippen molar-refractivity contribution in [2.45, 2.75) is 33.2 Å². The summed E-state index contributed by atoms with van der Waals surface area (Å²) >= 11 is 0. The lowest BCUT2D eigenvalue weighted by molar-refractivity contribution is -0.137. The summed E-state index contributed by atoms with van der Waals surface area (Å²) in [7, 11) is 0. The molecule has 0 bridgehead atoms. The average molecular weight is 214 g/mol. The van der Waals surface area contributed by atoms with E-state index < -0.39 is 5.97 Å². The van der Waals surface area contributed by atoms with Crippen LogP contribution in [0.25, 0.3) is 0 Å². The van der Waals surface area contributed by atoms with Crippen molar-refractivity contribution in [2.75, 3.05) is 13.1 Å². The van der Waals surface area contributed by atoms with Gasteiger partial charge in [0.05, 0.1) is 0 Å². The van der Waals surface area contributed by atoms with E-state index in [-0.39, 0.29) is 24.0 Å². The Morgan fingerprint density at radius 2 is 2.07 bits per heavy atom. The molecule has 0 aliphatic heterocycles. The molecule has 0 spiro atoms. The zero-order chi connectivity index (χ0) is 11.6. The van der Waals surface area contributed by atoms with Gasteiger partial charge < -0.3 is 15.3 Å². The van der Waals surface area contributed by atoms with Gasteiger partial charge in [-0.25, -0.2) is 4.79 Å². The molecule has 1 aliphatic rings. The Hall–Kier alpha value is -1.26. The van der Waals surface area contributed by atoms with E-state index in [0.717, 1.165) is 6.42 Å². The smallest absolute Gasteiger partial charge is 0.323 e. The third kappa shape index (κ3) is 3.11. The van der Waals surface area contributed by atoms with Gasteiger partial charge in [-0.2, -0.15) is 0 Å². The second-order valence-corrected chi connectivity index (χ2v) is 4.60. The fourth-order valence-electron chi connectivity index (χ4n) is 1.44. The number of carbonyl (C=O) groups is 2. The van der Waals surface area contributed by atoms with Crippen LogP contribution in [0.4, 0.5) is 4.79 Å². The van der Waals surface area contributed by atoms with E-state index in [1.165, 1.54) is 4.90 Å². The summed E-state index contributed by atoms with van der Waals surface area (Å²) in [4.78, 5) is 23.4. The first-order valence-electron chi connectivity index (χ1n) is 5.14. The largest absolute Gasteiger partial charge is 0.480 e. The van der Waals surface area contributed by atoms with Crippen molar-refractivity contribution in [3.63, 3.8) is 0 Å². The Morgan fingerprint density at radius 3 is 2.40 bits per heavy atom. The van der Waals surface area contributed by atoms with Crippen LogP contribution >= 0.6 is 0 Å². The summed E-state index contributed by atoms with van der Waals surface area (Å²) < 4.78 is 0. The van der Waals surface area contributed by atoms with Crippen LogP contribution in [0.3, 0.4) is 0 Å². The number of amides is 2. The lowest BCUT2D eigenvalue weighted by Gasteiger charge is -2.19. The van der Waals surface area contributed by atoms with Gasteiger partial charge in [-0.05, 0) is 18.8 Å². The van der Waals surface area contributed by atoms with Crippen molar-refractivity contribution in [2.24, 2.45) is 5.41 Å². The molecular weight excluding hydrogens is 196 g/mol. The number of carboxylic acid groups (broad SMARTS) is 1. The number of nitrogens with one attached hydrogen (secondary N) is 1. The Morgan fingerprint density at radius 1 is 1.53 bits per heavy atom. The van der Waals surface area contributed by atoms with Crippen molar-refractivity contribution < 1.29 is 14.7 Å². The number of carboxylic acids is 1. The molecule has 5 nitrogen and oxygen atoms in total. The highest BCUT2D eigenvalue weighted by Crippen LogP contribution is 2.44. The van der Waals surface area contributed by atoms with Gasteiger partial charge in [0.15, 0.2) is 0 Å². The molecule has 0 aromatic rings. The molecule has 0 heterocycles.